The number of quaternary nitrogens is 1. The van der Waals surface area contributed by atoms with E-state index >= 15 is 0 Å². The van der Waals surface area contributed by atoms with Crippen molar-refractivity contribution >= 4 is 11.8 Å². The number of benzene rings is 1. The van der Waals surface area contributed by atoms with E-state index in [1.54, 1.807) is 7.05 Å². The number of carbonyl (C=O) groups excluding carboxylic acids is 2. The van der Waals surface area contributed by atoms with Crippen LogP contribution in [0.5, 0.6) is 0 Å². The summed E-state index contributed by atoms with van der Waals surface area (Å²) in [5, 5.41) is 2.26. The number of fused-ring (bicyclic) bond motifs is 1. The maximum atomic E-state index is 12.5. The summed E-state index contributed by atoms with van der Waals surface area (Å²) in [4.78, 5) is 26.3. The maximum Gasteiger partial charge on any atom is 0.239 e. The third-order valence-electron chi connectivity index (χ3n) is 4.85. The molecular weight excluding hydrogens is 264 g/mol. The molecule has 0 bridgehead atoms. The largest absolute Gasteiger partial charge is 0.336 e. The second-order valence-electron chi connectivity index (χ2n) is 6.71. The summed E-state index contributed by atoms with van der Waals surface area (Å²) in [7, 11) is 1.62. The number of carbonyl (C=O) groups is 2. The molecule has 2 saturated heterocycles. The monoisotopic (exact) mass is 287 g/mol. The van der Waals surface area contributed by atoms with Crippen LogP contribution in [0.25, 0.3) is 0 Å². The number of hydrogen-bond donors (Lipinski definition) is 1. The molecule has 4 atom stereocenters. The standard InChI is InChI=1S/C17H22N2O2/c1-10(2)9-12-13-14(17(21)19(3)16(13)20)15(18-12)11-7-5-4-6-8-11/h4-8,10,12-15,18H,9H2,1-3H3/p+1/t12-,13+,14-,15-/m0/s1. The van der Waals surface area contributed by atoms with Crippen LogP contribution in [-0.4, -0.2) is 29.8 Å². The normalized spacial score (nSPS) is 32.1. The van der Waals surface area contributed by atoms with Gasteiger partial charge in [-0.1, -0.05) is 44.2 Å². The van der Waals surface area contributed by atoms with Crippen molar-refractivity contribution in [2.75, 3.05) is 7.05 Å². The van der Waals surface area contributed by atoms with E-state index in [-0.39, 0.29) is 35.7 Å². The Bertz CT molecular complexity index is 555. The summed E-state index contributed by atoms with van der Waals surface area (Å²) in [6, 6.07) is 10.4. The maximum absolute atomic E-state index is 12.5. The van der Waals surface area contributed by atoms with E-state index in [9.17, 15) is 9.59 Å². The third-order valence-corrected chi connectivity index (χ3v) is 4.85. The zero-order valence-electron chi connectivity index (χ0n) is 12.8. The van der Waals surface area contributed by atoms with Crippen LogP contribution in [0.1, 0.15) is 31.9 Å². The quantitative estimate of drug-likeness (QED) is 0.842. The fourth-order valence-electron chi connectivity index (χ4n) is 3.96. The average molecular weight is 287 g/mol. The highest BCUT2D eigenvalue weighted by Gasteiger charge is 2.61. The van der Waals surface area contributed by atoms with Crippen molar-refractivity contribution < 1.29 is 14.9 Å². The van der Waals surface area contributed by atoms with Crippen molar-refractivity contribution in [3.63, 3.8) is 0 Å². The summed E-state index contributed by atoms with van der Waals surface area (Å²) >= 11 is 0. The summed E-state index contributed by atoms with van der Waals surface area (Å²) in [6.45, 7) is 4.34. The topological polar surface area (TPSA) is 54.0 Å². The lowest BCUT2D eigenvalue weighted by Crippen LogP contribution is -2.89. The van der Waals surface area contributed by atoms with E-state index in [2.05, 4.69) is 31.3 Å². The van der Waals surface area contributed by atoms with Crippen LogP contribution < -0.4 is 5.32 Å². The first-order valence-corrected chi connectivity index (χ1v) is 7.72. The SMILES string of the molecule is CC(C)C[C@@H]1[NH2+][C@@H](c2ccccc2)[C@H]2C(=O)N(C)C(=O)[C@@H]21. The predicted molar refractivity (Wildman–Crippen MR) is 79.1 cm³/mol. The Labute approximate surface area is 125 Å². The molecule has 1 aromatic rings. The van der Waals surface area contributed by atoms with Crippen molar-refractivity contribution in [3.8, 4) is 0 Å². The van der Waals surface area contributed by atoms with E-state index in [1.165, 1.54) is 4.90 Å². The molecule has 112 valence electrons. The van der Waals surface area contributed by atoms with Crippen LogP contribution in [-0.2, 0) is 9.59 Å². The van der Waals surface area contributed by atoms with Crippen molar-refractivity contribution in [1.29, 1.82) is 0 Å². The Kier molecular flexibility index (Phi) is 3.57. The van der Waals surface area contributed by atoms with Gasteiger partial charge in [-0.25, -0.2) is 0 Å². The number of nitrogens with two attached hydrogens (primary N) is 1. The number of likely N-dealkylation sites (tertiary alicyclic amines) is 1. The molecule has 2 fully saturated rings. The zero-order valence-corrected chi connectivity index (χ0v) is 12.8. The van der Waals surface area contributed by atoms with E-state index in [0.29, 0.717) is 5.92 Å². The van der Waals surface area contributed by atoms with Gasteiger partial charge in [0.25, 0.3) is 0 Å². The number of amides is 2. The molecule has 2 aliphatic rings. The lowest BCUT2D eigenvalue weighted by atomic mass is 9.84. The highest BCUT2D eigenvalue weighted by atomic mass is 16.2. The Balaban J connectivity index is 1.96. The number of rotatable bonds is 3. The summed E-state index contributed by atoms with van der Waals surface area (Å²) < 4.78 is 0. The fraction of sp³-hybridized carbons (Fsp3) is 0.529. The van der Waals surface area contributed by atoms with Gasteiger partial charge >= 0.3 is 0 Å². The van der Waals surface area contributed by atoms with Crippen molar-refractivity contribution in [3.05, 3.63) is 35.9 Å². The minimum absolute atomic E-state index is 0.00494. The zero-order chi connectivity index (χ0) is 15.1. The van der Waals surface area contributed by atoms with E-state index in [1.807, 2.05) is 18.2 Å². The lowest BCUT2D eigenvalue weighted by molar-refractivity contribution is -0.712. The Hall–Kier alpha value is -1.68. The molecule has 0 unspecified atom stereocenters. The van der Waals surface area contributed by atoms with Crippen LogP contribution in [0.4, 0.5) is 0 Å². The molecule has 0 radical (unpaired) electrons. The molecule has 4 heteroatoms. The second kappa shape index (κ2) is 5.26. The molecule has 2 aliphatic heterocycles. The Morgan fingerprint density at radius 1 is 1.10 bits per heavy atom. The summed E-state index contributed by atoms with van der Waals surface area (Å²) in [5.74, 6) is 0.158. The Morgan fingerprint density at radius 3 is 2.33 bits per heavy atom. The van der Waals surface area contributed by atoms with Crippen molar-refractivity contribution in [2.24, 2.45) is 17.8 Å². The average Bonchev–Trinajstić information content (AvgIpc) is 2.93. The van der Waals surface area contributed by atoms with Gasteiger partial charge in [0, 0.05) is 19.0 Å². The van der Waals surface area contributed by atoms with Gasteiger partial charge in [0.05, 0.1) is 6.04 Å². The molecule has 3 rings (SSSR count). The third kappa shape index (κ3) is 2.27. The van der Waals surface area contributed by atoms with E-state index in [4.69, 9.17) is 0 Å². The van der Waals surface area contributed by atoms with Gasteiger partial charge in [0.1, 0.15) is 17.9 Å². The fourth-order valence-corrected chi connectivity index (χ4v) is 3.96. The molecule has 0 spiro atoms. The first-order valence-electron chi connectivity index (χ1n) is 7.72. The van der Waals surface area contributed by atoms with Gasteiger partial charge in [-0.15, -0.1) is 0 Å². The lowest BCUT2D eigenvalue weighted by Gasteiger charge is -2.19. The van der Waals surface area contributed by atoms with Crippen LogP contribution >= 0.6 is 0 Å². The van der Waals surface area contributed by atoms with Crippen LogP contribution in [0.3, 0.4) is 0 Å². The minimum atomic E-state index is -0.200. The Morgan fingerprint density at radius 2 is 1.71 bits per heavy atom. The molecule has 1 aromatic carbocycles. The molecule has 21 heavy (non-hydrogen) atoms. The number of hydrogen-bond acceptors (Lipinski definition) is 2. The van der Waals surface area contributed by atoms with Gasteiger partial charge in [-0.05, 0) is 5.92 Å². The second-order valence-corrected chi connectivity index (χ2v) is 6.71. The summed E-state index contributed by atoms with van der Waals surface area (Å²) in [5.41, 5.74) is 1.15. The molecule has 0 saturated carbocycles. The number of nitrogens with zero attached hydrogens (tertiary/aromatic N) is 1. The number of imide groups is 1. The van der Waals surface area contributed by atoms with E-state index < -0.39 is 0 Å². The van der Waals surface area contributed by atoms with Gasteiger partial charge in [0.15, 0.2) is 0 Å². The van der Waals surface area contributed by atoms with Crippen LogP contribution in [0, 0.1) is 17.8 Å². The smallest absolute Gasteiger partial charge is 0.239 e. The highest BCUT2D eigenvalue weighted by Crippen LogP contribution is 2.40. The van der Waals surface area contributed by atoms with Gasteiger partial charge < -0.3 is 5.32 Å². The highest BCUT2D eigenvalue weighted by molar-refractivity contribution is 6.05. The molecule has 2 amide bonds. The van der Waals surface area contributed by atoms with E-state index in [0.717, 1.165) is 12.0 Å². The molecule has 4 nitrogen and oxygen atoms in total. The predicted octanol–water partition coefficient (Wildman–Crippen LogP) is 0.950. The summed E-state index contributed by atoms with van der Waals surface area (Å²) in [6.07, 6.45) is 0.970. The first-order chi connectivity index (χ1) is 10.0. The molecular formula is C17H23N2O2+. The van der Waals surface area contributed by atoms with Crippen LogP contribution in [0.15, 0.2) is 30.3 Å². The van der Waals surface area contributed by atoms with Crippen molar-refractivity contribution in [1.82, 2.24) is 4.90 Å². The molecule has 2 N–H and O–H groups in total. The van der Waals surface area contributed by atoms with Gasteiger partial charge in [0.2, 0.25) is 11.8 Å². The molecule has 0 aliphatic carbocycles. The van der Waals surface area contributed by atoms with Crippen LogP contribution in [0.2, 0.25) is 0 Å². The molecule has 2 heterocycles. The van der Waals surface area contributed by atoms with Gasteiger partial charge in [-0.2, -0.15) is 0 Å². The van der Waals surface area contributed by atoms with Crippen molar-refractivity contribution in [2.45, 2.75) is 32.4 Å². The molecule has 0 aromatic heterocycles. The minimum Gasteiger partial charge on any atom is -0.336 e. The van der Waals surface area contributed by atoms with Gasteiger partial charge in [-0.3, -0.25) is 14.5 Å². The first kappa shape index (κ1) is 14.3.